The minimum absolute atomic E-state index is 0.230. The number of fused-ring (bicyclic) bond motifs is 8. The molecule has 4 heteroatoms. The molecule has 4 N–H and O–H groups in total. The van der Waals surface area contributed by atoms with E-state index in [9.17, 15) is 0 Å². The molecular formula is C36H52N4. The van der Waals surface area contributed by atoms with Crippen molar-refractivity contribution in [3.8, 4) is 0 Å². The second-order valence-electron chi connectivity index (χ2n) is 13.2. The van der Waals surface area contributed by atoms with Gasteiger partial charge >= 0.3 is 0 Å². The van der Waals surface area contributed by atoms with Gasteiger partial charge in [-0.25, -0.2) is 0 Å². The zero-order valence-electron chi connectivity index (χ0n) is 26.3. The second kappa shape index (κ2) is 10.5. The van der Waals surface area contributed by atoms with E-state index in [-0.39, 0.29) is 22.2 Å². The monoisotopic (exact) mass is 540 g/mol. The molecule has 4 atom stereocenters. The van der Waals surface area contributed by atoms with Crippen LogP contribution in [0.2, 0.25) is 0 Å². The zero-order chi connectivity index (χ0) is 28.8. The smallest absolute Gasteiger partial charge is 0.0767 e. The quantitative estimate of drug-likeness (QED) is 0.253. The van der Waals surface area contributed by atoms with Crippen molar-refractivity contribution in [3.63, 3.8) is 0 Å². The Morgan fingerprint density at radius 3 is 0.775 bits per heavy atom. The van der Waals surface area contributed by atoms with Crippen LogP contribution in [0, 0.1) is 0 Å². The first-order valence-corrected chi connectivity index (χ1v) is 15.9. The lowest BCUT2D eigenvalue weighted by molar-refractivity contribution is 0.491. The summed E-state index contributed by atoms with van der Waals surface area (Å²) in [6.07, 6.45) is 27.6. The summed E-state index contributed by atoms with van der Waals surface area (Å²) in [4.78, 5) is 0. The molecule has 40 heavy (non-hydrogen) atoms. The van der Waals surface area contributed by atoms with Crippen molar-refractivity contribution in [3.05, 3.63) is 93.7 Å². The lowest BCUT2D eigenvalue weighted by atomic mass is 9.86. The lowest BCUT2D eigenvalue weighted by Gasteiger charge is -2.37. The van der Waals surface area contributed by atoms with E-state index in [1.165, 1.54) is 45.1 Å². The van der Waals surface area contributed by atoms with Gasteiger partial charge in [-0.15, -0.1) is 0 Å². The fraction of sp³-hybridized carbons (Fsp3) is 0.556. The van der Waals surface area contributed by atoms with Crippen molar-refractivity contribution in [2.45, 2.75) is 129 Å². The summed E-state index contributed by atoms with van der Waals surface area (Å²) in [5.41, 5.74) is 9.92. The van der Waals surface area contributed by atoms with Crippen molar-refractivity contribution < 1.29 is 0 Å². The molecule has 5 aliphatic heterocycles. The van der Waals surface area contributed by atoms with E-state index in [0.717, 1.165) is 51.4 Å². The summed E-state index contributed by atoms with van der Waals surface area (Å²) in [5, 5.41) is 16.2. The van der Waals surface area contributed by atoms with E-state index in [1.807, 2.05) is 0 Å². The average Bonchev–Trinajstić information content (AvgIpc) is 3.70. The van der Waals surface area contributed by atoms with E-state index in [4.69, 9.17) is 0 Å². The maximum absolute atomic E-state index is 4.04. The van der Waals surface area contributed by atoms with E-state index in [1.54, 1.807) is 0 Å². The minimum atomic E-state index is -0.230. The van der Waals surface area contributed by atoms with Crippen molar-refractivity contribution in [2.24, 2.45) is 0 Å². The van der Waals surface area contributed by atoms with Crippen LogP contribution in [0.5, 0.6) is 0 Å². The Morgan fingerprint density at radius 2 is 0.600 bits per heavy atom. The van der Waals surface area contributed by atoms with Crippen molar-refractivity contribution >= 4 is 0 Å². The normalized spacial score (nSPS) is 41.4. The molecule has 0 spiro atoms. The van der Waals surface area contributed by atoms with Gasteiger partial charge < -0.3 is 21.3 Å². The summed E-state index contributed by atoms with van der Waals surface area (Å²) >= 11 is 0. The maximum Gasteiger partial charge on any atom is 0.0767 e. The fourth-order valence-electron chi connectivity index (χ4n) is 7.56. The average molecular weight is 541 g/mol. The lowest BCUT2D eigenvalue weighted by Crippen LogP contribution is -2.47. The van der Waals surface area contributed by atoms with Gasteiger partial charge in [0, 0.05) is 22.8 Å². The molecule has 216 valence electrons. The standard InChI is InChI=1S/C36H52N4/c1-9-13-25-29-17-22-34(6,37-29)27(15-11-3)31-19-24-36(8,39-31)28(16-12-4)32-20-23-35(7,40-32)26(14-10-2)30-18-21-33(25,5)38-30/h17-24,37-40H,9-16H2,1-8H3/b29-25-,30-26-,31-27-,32-28-. The Kier molecular flexibility index (Phi) is 7.52. The van der Waals surface area contributed by atoms with Gasteiger partial charge in [0.1, 0.15) is 0 Å². The van der Waals surface area contributed by atoms with Crippen LogP contribution >= 0.6 is 0 Å². The third-order valence-electron chi connectivity index (χ3n) is 9.72. The van der Waals surface area contributed by atoms with Crippen LogP contribution in [0.4, 0.5) is 0 Å². The Hall–Kier alpha value is -2.88. The number of rotatable bonds is 8. The third kappa shape index (κ3) is 4.72. The van der Waals surface area contributed by atoms with Gasteiger partial charge in [-0.3, -0.25) is 0 Å². The Bertz CT molecular complexity index is 1100. The molecule has 0 saturated carbocycles. The van der Waals surface area contributed by atoms with Gasteiger partial charge in [-0.2, -0.15) is 0 Å². The molecule has 0 aromatic heterocycles. The van der Waals surface area contributed by atoms with Crippen LogP contribution in [-0.2, 0) is 0 Å². The van der Waals surface area contributed by atoms with E-state index >= 15 is 0 Å². The molecule has 5 rings (SSSR count). The molecule has 0 aromatic rings. The number of hydrogen-bond donors (Lipinski definition) is 4. The molecular weight excluding hydrogens is 488 g/mol. The SMILES string of the molecule is CCC/C1=C2\C=CC(C)(N2)/C(CCC)=C2/C=CC(C)(N2)/C(CCC)=C2/C=CC(C)(N2)/C(CCC)=C2/C=CC1(C)N2. The third-order valence-corrected chi connectivity index (χ3v) is 9.72. The number of nitrogens with one attached hydrogen (secondary N) is 4. The van der Waals surface area contributed by atoms with E-state index in [2.05, 4.69) is 125 Å². The van der Waals surface area contributed by atoms with E-state index in [0.29, 0.717) is 0 Å². The Labute approximate surface area is 243 Å². The van der Waals surface area contributed by atoms with Crippen LogP contribution < -0.4 is 21.3 Å². The van der Waals surface area contributed by atoms with Gasteiger partial charge in [-0.05, 0) is 100.0 Å². The van der Waals surface area contributed by atoms with Gasteiger partial charge in [0.05, 0.1) is 22.2 Å². The predicted octanol–water partition coefficient (Wildman–Crippen LogP) is 7.89. The molecule has 4 unspecified atom stereocenters. The molecule has 0 aromatic carbocycles. The van der Waals surface area contributed by atoms with Crippen LogP contribution in [0.3, 0.4) is 0 Å². The first-order chi connectivity index (χ1) is 19.0. The molecule has 5 aliphatic rings. The van der Waals surface area contributed by atoms with Gasteiger partial charge in [-0.1, -0.05) is 77.7 Å². The van der Waals surface area contributed by atoms with Crippen LogP contribution in [0.25, 0.3) is 0 Å². The molecule has 0 amide bonds. The zero-order valence-corrected chi connectivity index (χ0v) is 26.3. The largest absolute Gasteiger partial charge is 0.373 e. The van der Waals surface area contributed by atoms with Crippen LogP contribution in [-0.4, -0.2) is 22.2 Å². The maximum atomic E-state index is 4.04. The van der Waals surface area contributed by atoms with Crippen LogP contribution in [0.1, 0.15) is 107 Å². The Morgan fingerprint density at radius 1 is 0.400 bits per heavy atom. The summed E-state index contributed by atoms with van der Waals surface area (Å²) < 4.78 is 0. The van der Waals surface area contributed by atoms with Gasteiger partial charge in [0.25, 0.3) is 0 Å². The second-order valence-corrected chi connectivity index (χ2v) is 13.2. The first-order valence-electron chi connectivity index (χ1n) is 15.9. The highest BCUT2D eigenvalue weighted by Crippen LogP contribution is 2.43. The molecule has 5 heterocycles. The Balaban J connectivity index is 1.74. The summed E-state index contributed by atoms with van der Waals surface area (Å²) in [5.74, 6) is 0. The van der Waals surface area contributed by atoms with Crippen molar-refractivity contribution in [2.75, 3.05) is 0 Å². The van der Waals surface area contributed by atoms with Gasteiger partial charge in [0.15, 0.2) is 0 Å². The molecule has 0 aliphatic carbocycles. The molecule has 8 bridgehead atoms. The van der Waals surface area contributed by atoms with Crippen molar-refractivity contribution in [1.29, 1.82) is 0 Å². The topological polar surface area (TPSA) is 48.1 Å². The first kappa shape index (κ1) is 28.6. The molecule has 4 nitrogen and oxygen atoms in total. The van der Waals surface area contributed by atoms with Gasteiger partial charge in [0.2, 0.25) is 0 Å². The molecule has 0 fully saturated rings. The predicted molar refractivity (Wildman–Crippen MR) is 170 cm³/mol. The number of hydrogen-bond acceptors (Lipinski definition) is 4. The highest BCUT2D eigenvalue weighted by atomic mass is 15.1. The van der Waals surface area contributed by atoms with Crippen molar-refractivity contribution in [1.82, 2.24) is 21.3 Å². The highest BCUT2D eigenvalue weighted by Gasteiger charge is 2.43. The highest BCUT2D eigenvalue weighted by molar-refractivity contribution is 5.56. The fourth-order valence-corrected chi connectivity index (χ4v) is 7.56. The van der Waals surface area contributed by atoms with E-state index < -0.39 is 0 Å². The minimum Gasteiger partial charge on any atom is -0.373 e. The molecule has 0 saturated heterocycles. The summed E-state index contributed by atoms with van der Waals surface area (Å²) in [6, 6.07) is 0. The summed E-state index contributed by atoms with van der Waals surface area (Å²) in [6.45, 7) is 18.6. The number of allylic oxidation sites excluding steroid dienone is 4. The van der Waals surface area contributed by atoms with Crippen LogP contribution in [0.15, 0.2) is 93.7 Å². The molecule has 0 radical (unpaired) electrons. The summed E-state index contributed by atoms with van der Waals surface area (Å²) in [7, 11) is 0.